The van der Waals surface area contributed by atoms with Crippen LogP contribution in [-0.2, 0) is 4.74 Å². The number of fused-ring (bicyclic) bond motifs is 1. The lowest BCUT2D eigenvalue weighted by Gasteiger charge is -2.32. The summed E-state index contributed by atoms with van der Waals surface area (Å²) in [7, 11) is 0. The topological polar surface area (TPSA) is 103 Å². The van der Waals surface area contributed by atoms with Crippen molar-refractivity contribution in [2.75, 3.05) is 26.2 Å². The molecular weight excluding hydrogens is 559 g/mol. The van der Waals surface area contributed by atoms with E-state index in [0.717, 1.165) is 68.4 Å². The molecule has 1 aliphatic heterocycles. The summed E-state index contributed by atoms with van der Waals surface area (Å²) in [6.07, 6.45) is 6.49. The first-order valence-corrected chi connectivity index (χ1v) is 16.1. The van der Waals surface area contributed by atoms with Gasteiger partial charge in [0.2, 0.25) is 0 Å². The summed E-state index contributed by atoms with van der Waals surface area (Å²) in [5, 5.41) is 11.1. The molecule has 3 aromatic rings. The minimum atomic E-state index is -0.492. The highest BCUT2D eigenvalue weighted by molar-refractivity contribution is 6.05. The van der Waals surface area contributed by atoms with Crippen LogP contribution in [0.4, 0.5) is 9.18 Å². The van der Waals surface area contributed by atoms with Crippen molar-refractivity contribution in [2.24, 2.45) is 5.92 Å². The molecule has 10 heteroatoms. The van der Waals surface area contributed by atoms with Gasteiger partial charge in [-0.3, -0.25) is 9.89 Å². The number of hydrogen-bond acceptors (Lipinski definition) is 6. The number of nitrogens with one attached hydrogen (secondary N) is 2. The third kappa shape index (κ3) is 7.39. The Morgan fingerprint density at radius 2 is 1.89 bits per heavy atom. The number of hydrogen-bond donors (Lipinski definition) is 2. The first kappa shape index (κ1) is 31.9. The van der Waals surface area contributed by atoms with E-state index in [1.54, 1.807) is 17.2 Å². The van der Waals surface area contributed by atoms with Crippen molar-refractivity contribution in [1.29, 1.82) is 0 Å². The van der Waals surface area contributed by atoms with Crippen molar-refractivity contribution in [2.45, 2.75) is 97.2 Å². The van der Waals surface area contributed by atoms with Crippen LogP contribution in [0.1, 0.15) is 95.6 Å². The molecule has 1 saturated carbocycles. The third-order valence-electron chi connectivity index (χ3n) is 8.94. The summed E-state index contributed by atoms with van der Waals surface area (Å²) >= 11 is 0. The first-order chi connectivity index (χ1) is 20.9. The minimum absolute atomic E-state index is 0.00803. The average molecular weight is 607 g/mol. The van der Waals surface area contributed by atoms with Crippen molar-refractivity contribution in [3.63, 3.8) is 0 Å². The Hall–Kier alpha value is -3.53. The van der Waals surface area contributed by atoms with E-state index in [-0.39, 0.29) is 30.0 Å². The number of aromatic amines is 1. The molecule has 2 aliphatic rings. The molecular formula is C34H47FN6O3. The molecule has 2 amide bonds. The molecule has 1 aromatic carbocycles. The summed E-state index contributed by atoms with van der Waals surface area (Å²) in [4.78, 5) is 35.0. The Morgan fingerprint density at radius 1 is 1.14 bits per heavy atom. The van der Waals surface area contributed by atoms with Crippen molar-refractivity contribution >= 4 is 23.0 Å². The number of nitrogens with zero attached hydrogens (tertiary/aromatic N) is 4. The van der Waals surface area contributed by atoms with Crippen LogP contribution in [-0.4, -0.2) is 80.8 Å². The lowest BCUT2D eigenvalue weighted by Crippen LogP contribution is -2.42. The molecule has 1 atom stereocenters. The van der Waals surface area contributed by atoms with Crippen LogP contribution in [0.15, 0.2) is 30.5 Å². The molecule has 0 spiro atoms. The number of alkyl carbamates (subject to hydrolysis) is 1. The number of amides is 2. The molecule has 1 aliphatic carbocycles. The highest BCUT2D eigenvalue weighted by Crippen LogP contribution is 2.36. The van der Waals surface area contributed by atoms with Crippen molar-refractivity contribution in [3.05, 3.63) is 47.5 Å². The maximum atomic E-state index is 14.5. The maximum Gasteiger partial charge on any atom is 0.407 e. The summed E-state index contributed by atoms with van der Waals surface area (Å²) in [6.45, 7) is 15.0. The van der Waals surface area contributed by atoms with E-state index in [9.17, 15) is 14.0 Å². The molecule has 44 heavy (non-hydrogen) atoms. The van der Waals surface area contributed by atoms with Gasteiger partial charge in [0, 0.05) is 48.7 Å². The average Bonchev–Trinajstić information content (AvgIpc) is 3.62. The maximum absolute atomic E-state index is 14.5. The quantitative estimate of drug-likeness (QED) is 0.303. The number of carbonyl (C=O) groups excluding carboxylic acids is 2. The SMILES string of the molecule is CCN(C(=O)c1cc(F)ccc1-c1cc(C2CCN(CC3CCC(NC(=O)OC(C)(C)C)CC3)C2)nc2[nH]ncc12)C(C)C. The van der Waals surface area contributed by atoms with E-state index in [4.69, 9.17) is 9.72 Å². The summed E-state index contributed by atoms with van der Waals surface area (Å²) in [5.74, 6) is 0.221. The van der Waals surface area contributed by atoms with Gasteiger partial charge in [0.25, 0.3) is 5.91 Å². The molecule has 2 aromatic heterocycles. The van der Waals surface area contributed by atoms with Crippen LogP contribution in [0.5, 0.6) is 0 Å². The van der Waals surface area contributed by atoms with Crippen LogP contribution < -0.4 is 5.32 Å². The molecule has 2 fully saturated rings. The number of pyridine rings is 1. The highest BCUT2D eigenvalue weighted by Gasteiger charge is 2.31. The van der Waals surface area contributed by atoms with Gasteiger partial charge in [-0.15, -0.1) is 0 Å². The third-order valence-corrected chi connectivity index (χ3v) is 8.94. The van der Waals surface area contributed by atoms with E-state index in [1.165, 1.54) is 12.1 Å². The zero-order valence-electron chi connectivity index (χ0n) is 27.0. The molecule has 0 bridgehead atoms. The molecule has 2 N–H and O–H groups in total. The second kappa shape index (κ2) is 13.2. The number of ether oxygens (including phenoxy) is 1. The summed E-state index contributed by atoms with van der Waals surface area (Å²) in [6, 6.07) is 6.71. The van der Waals surface area contributed by atoms with Crippen LogP contribution in [0, 0.1) is 11.7 Å². The molecule has 9 nitrogen and oxygen atoms in total. The Bertz CT molecular complexity index is 1470. The molecule has 0 radical (unpaired) electrons. The van der Waals surface area contributed by atoms with E-state index in [1.807, 2.05) is 41.5 Å². The van der Waals surface area contributed by atoms with E-state index in [2.05, 4.69) is 26.5 Å². The first-order valence-electron chi connectivity index (χ1n) is 16.1. The van der Waals surface area contributed by atoms with Gasteiger partial charge in [-0.2, -0.15) is 5.10 Å². The lowest BCUT2D eigenvalue weighted by molar-refractivity contribution is 0.0484. The van der Waals surface area contributed by atoms with Gasteiger partial charge in [-0.25, -0.2) is 14.2 Å². The van der Waals surface area contributed by atoms with Crippen molar-refractivity contribution in [1.82, 2.24) is 30.3 Å². The van der Waals surface area contributed by atoms with Gasteiger partial charge in [-0.05, 0) is 115 Å². The van der Waals surface area contributed by atoms with Crippen molar-refractivity contribution in [3.8, 4) is 11.1 Å². The van der Waals surface area contributed by atoms with Crippen LogP contribution in [0.2, 0.25) is 0 Å². The number of benzene rings is 1. The normalized spacial score (nSPS) is 21.1. The number of rotatable bonds is 8. The molecule has 3 heterocycles. The fourth-order valence-corrected chi connectivity index (χ4v) is 6.78. The number of H-pyrrole nitrogens is 1. The highest BCUT2D eigenvalue weighted by atomic mass is 19.1. The van der Waals surface area contributed by atoms with Gasteiger partial charge >= 0.3 is 6.09 Å². The van der Waals surface area contributed by atoms with Crippen LogP contribution >= 0.6 is 0 Å². The summed E-state index contributed by atoms with van der Waals surface area (Å²) in [5.41, 5.74) is 3.03. The zero-order valence-corrected chi connectivity index (χ0v) is 27.0. The largest absolute Gasteiger partial charge is 0.444 e. The second-order valence-electron chi connectivity index (χ2n) is 13.7. The van der Waals surface area contributed by atoms with E-state index < -0.39 is 11.4 Å². The fourth-order valence-electron chi connectivity index (χ4n) is 6.78. The van der Waals surface area contributed by atoms with Gasteiger partial charge in [0.05, 0.1) is 11.8 Å². The van der Waals surface area contributed by atoms with E-state index >= 15 is 0 Å². The number of carbonyl (C=O) groups is 2. The van der Waals surface area contributed by atoms with Gasteiger partial charge < -0.3 is 19.9 Å². The Kier molecular flexibility index (Phi) is 9.58. The second-order valence-corrected chi connectivity index (χ2v) is 13.7. The number of likely N-dealkylation sites (tertiary alicyclic amines) is 1. The molecule has 1 saturated heterocycles. The molecule has 5 rings (SSSR count). The number of halogens is 1. The molecule has 1 unspecified atom stereocenters. The Labute approximate surface area is 259 Å². The predicted octanol–water partition coefficient (Wildman–Crippen LogP) is 6.51. The monoisotopic (exact) mass is 606 g/mol. The lowest BCUT2D eigenvalue weighted by atomic mass is 9.86. The Morgan fingerprint density at radius 3 is 2.57 bits per heavy atom. The van der Waals surface area contributed by atoms with Crippen molar-refractivity contribution < 1.29 is 18.7 Å². The van der Waals surface area contributed by atoms with Crippen LogP contribution in [0.3, 0.4) is 0 Å². The molecule has 238 valence electrons. The predicted molar refractivity (Wildman–Crippen MR) is 170 cm³/mol. The fraction of sp³-hybridized carbons (Fsp3) is 0.588. The summed E-state index contributed by atoms with van der Waals surface area (Å²) < 4.78 is 19.9. The van der Waals surface area contributed by atoms with Crippen LogP contribution in [0.25, 0.3) is 22.2 Å². The standard InChI is InChI=1S/C34H47FN6O3/c1-7-41(21(2)3)32(42)28-16-24(35)10-13-26(28)27-17-30(38-31-29(27)18-36-39-31)23-14-15-40(20-23)19-22-8-11-25(12-9-22)37-33(43)44-34(4,5)6/h10,13,16-18,21-23,25H,7-9,11-12,14-15,19-20H2,1-6H3,(H,37,43)(H,36,38,39). The Balaban J connectivity index is 1.29. The van der Waals surface area contributed by atoms with E-state index in [0.29, 0.717) is 29.2 Å². The number of aromatic nitrogens is 3. The minimum Gasteiger partial charge on any atom is -0.444 e. The van der Waals surface area contributed by atoms with Gasteiger partial charge in [0.1, 0.15) is 11.4 Å². The smallest absolute Gasteiger partial charge is 0.407 e. The van der Waals surface area contributed by atoms with Gasteiger partial charge in [-0.1, -0.05) is 6.07 Å². The van der Waals surface area contributed by atoms with Gasteiger partial charge in [0.15, 0.2) is 5.65 Å². The zero-order chi connectivity index (χ0) is 31.6.